The minimum atomic E-state index is -0.133. The van der Waals surface area contributed by atoms with E-state index >= 15 is 0 Å². The summed E-state index contributed by atoms with van der Waals surface area (Å²) < 4.78 is 0. The van der Waals surface area contributed by atoms with Gasteiger partial charge in [0.2, 0.25) is 11.0 Å². The Morgan fingerprint density at radius 3 is 2.71 bits per heavy atom. The van der Waals surface area contributed by atoms with Crippen LogP contribution in [0.2, 0.25) is 0 Å². The van der Waals surface area contributed by atoms with E-state index in [-0.39, 0.29) is 17.7 Å². The van der Waals surface area contributed by atoms with E-state index in [4.69, 9.17) is 0 Å². The lowest BCUT2D eigenvalue weighted by Crippen LogP contribution is -2.41. The number of aromatic nitrogens is 3. The predicted molar refractivity (Wildman–Crippen MR) is 121 cm³/mol. The molecule has 1 saturated heterocycles. The molecule has 4 rings (SSSR count). The van der Waals surface area contributed by atoms with Crippen molar-refractivity contribution in [3.05, 3.63) is 58.7 Å². The Balaban J connectivity index is 1.42. The van der Waals surface area contributed by atoms with Crippen LogP contribution in [0, 0.1) is 19.8 Å². The van der Waals surface area contributed by atoms with Crippen LogP contribution in [0.15, 0.2) is 52.0 Å². The fourth-order valence-corrected chi connectivity index (χ4v) is 4.99. The van der Waals surface area contributed by atoms with E-state index in [2.05, 4.69) is 52.5 Å². The normalized spacial score (nSPS) is 14.5. The molecule has 0 radical (unpaired) electrons. The summed E-state index contributed by atoms with van der Waals surface area (Å²) in [4.78, 5) is 33.1. The molecule has 9 heteroatoms. The first-order valence-electron chi connectivity index (χ1n) is 10.1. The molecule has 0 aliphatic carbocycles. The lowest BCUT2D eigenvalue weighted by atomic mass is 9.95. The van der Waals surface area contributed by atoms with Gasteiger partial charge in [0.1, 0.15) is 10.5 Å². The summed E-state index contributed by atoms with van der Waals surface area (Å²) in [6, 6.07) is 9.89. The van der Waals surface area contributed by atoms with Gasteiger partial charge in [0.05, 0.1) is 5.56 Å². The van der Waals surface area contributed by atoms with Crippen molar-refractivity contribution in [2.24, 2.45) is 5.92 Å². The fourth-order valence-electron chi connectivity index (χ4n) is 3.60. The molecule has 0 unspecified atom stereocenters. The maximum Gasteiger partial charge on any atom is 0.256 e. The van der Waals surface area contributed by atoms with E-state index < -0.39 is 0 Å². The van der Waals surface area contributed by atoms with Gasteiger partial charge in [-0.05, 0) is 50.5 Å². The van der Waals surface area contributed by atoms with Gasteiger partial charge >= 0.3 is 0 Å². The standard InChI is InChI=1S/C22H23N5O2S2/c1-14-5-6-18(15(2)12-14)31-20-17(4-3-9-23-20)21(29)27-10-7-16(8-11-27)19(28)25-22-26-24-13-30-22/h3-6,9,12-13,16H,7-8,10-11H2,1-2H3,(H,25,26,28). The number of nitrogens with one attached hydrogen (secondary N) is 1. The number of hydrogen-bond donors (Lipinski definition) is 1. The highest BCUT2D eigenvalue weighted by Crippen LogP contribution is 2.32. The number of carbonyl (C=O) groups excluding carboxylic acids is 2. The monoisotopic (exact) mass is 453 g/mol. The van der Waals surface area contributed by atoms with E-state index in [1.54, 1.807) is 17.8 Å². The van der Waals surface area contributed by atoms with Crippen LogP contribution >= 0.6 is 23.1 Å². The zero-order valence-corrected chi connectivity index (χ0v) is 19.0. The molecule has 2 amide bonds. The van der Waals surface area contributed by atoms with Gasteiger partial charge in [0.15, 0.2) is 0 Å². The summed E-state index contributed by atoms with van der Waals surface area (Å²) in [5.74, 6) is -0.231. The number of likely N-dealkylation sites (tertiary alicyclic amines) is 1. The third kappa shape index (κ3) is 5.11. The van der Waals surface area contributed by atoms with Crippen molar-refractivity contribution in [1.82, 2.24) is 20.1 Å². The maximum absolute atomic E-state index is 13.2. The molecule has 3 aromatic rings. The number of nitrogens with zero attached hydrogens (tertiary/aromatic N) is 4. The van der Waals surface area contributed by atoms with Gasteiger partial charge in [-0.2, -0.15) is 0 Å². The summed E-state index contributed by atoms with van der Waals surface area (Å²) in [6.07, 6.45) is 2.96. The van der Waals surface area contributed by atoms with Gasteiger partial charge in [0, 0.05) is 30.1 Å². The van der Waals surface area contributed by atoms with E-state index in [1.165, 1.54) is 28.7 Å². The van der Waals surface area contributed by atoms with Crippen molar-refractivity contribution in [1.29, 1.82) is 0 Å². The minimum Gasteiger partial charge on any atom is -0.339 e. The van der Waals surface area contributed by atoms with Crippen molar-refractivity contribution in [2.45, 2.75) is 36.6 Å². The summed E-state index contributed by atoms with van der Waals surface area (Å²) in [7, 11) is 0. The second kappa shape index (κ2) is 9.57. The number of amides is 2. The average molecular weight is 454 g/mol. The van der Waals surface area contributed by atoms with Crippen molar-refractivity contribution in [2.75, 3.05) is 18.4 Å². The molecule has 3 heterocycles. The Bertz CT molecular complexity index is 1080. The van der Waals surface area contributed by atoms with Gasteiger partial charge < -0.3 is 10.2 Å². The number of rotatable bonds is 5. The SMILES string of the molecule is Cc1ccc(Sc2ncccc2C(=O)N2CCC(C(=O)Nc3nncs3)CC2)c(C)c1. The molecule has 0 bridgehead atoms. The third-order valence-electron chi connectivity index (χ3n) is 5.28. The molecule has 1 N–H and O–H groups in total. The Hall–Kier alpha value is -2.78. The zero-order valence-electron chi connectivity index (χ0n) is 17.4. The third-order valence-corrected chi connectivity index (χ3v) is 7.09. The van der Waals surface area contributed by atoms with Crippen molar-refractivity contribution < 1.29 is 9.59 Å². The molecule has 1 aliphatic heterocycles. The number of benzene rings is 1. The van der Waals surface area contributed by atoms with Gasteiger partial charge in [-0.1, -0.05) is 40.8 Å². The Morgan fingerprint density at radius 2 is 2.00 bits per heavy atom. The molecule has 2 aromatic heterocycles. The first-order valence-corrected chi connectivity index (χ1v) is 11.8. The lowest BCUT2D eigenvalue weighted by molar-refractivity contribution is -0.121. The molecule has 1 aromatic carbocycles. The largest absolute Gasteiger partial charge is 0.339 e. The van der Waals surface area contributed by atoms with Crippen LogP contribution in [-0.4, -0.2) is 45.0 Å². The number of aryl methyl sites for hydroxylation is 2. The first kappa shape index (κ1) is 21.5. The number of piperidine rings is 1. The van der Waals surface area contributed by atoms with Crippen LogP contribution in [0.4, 0.5) is 5.13 Å². The molecule has 7 nitrogen and oxygen atoms in total. The molecule has 0 spiro atoms. The maximum atomic E-state index is 13.2. The quantitative estimate of drug-likeness (QED) is 0.623. The Kier molecular flexibility index (Phi) is 6.62. The Morgan fingerprint density at radius 1 is 1.19 bits per heavy atom. The highest BCUT2D eigenvalue weighted by molar-refractivity contribution is 7.99. The molecular formula is C22H23N5O2S2. The van der Waals surface area contributed by atoms with Crippen LogP contribution in [0.1, 0.15) is 34.3 Å². The summed E-state index contributed by atoms with van der Waals surface area (Å²) in [5, 5.41) is 11.6. The van der Waals surface area contributed by atoms with E-state index in [0.29, 0.717) is 41.7 Å². The second-order valence-corrected chi connectivity index (χ2v) is 9.39. The fraction of sp³-hybridized carbons (Fsp3) is 0.318. The molecule has 0 atom stereocenters. The molecule has 1 fully saturated rings. The van der Waals surface area contributed by atoms with Gasteiger partial charge in [-0.15, -0.1) is 10.2 Å². The number of pyridine rings is 1. The van der Waals surface area contributed by atoms with Crippen LogP contribution < -0.4 is 5.32 Å². The topological polar surface area (TPSA) is 88.1 Å². The molecule has 1 aliphatic rings. The van der Waals surface area contributed by atoms with Crippen LogP contribution in [0.3, 0.4) is 0 Å². The first-order chi connectivity index (χ1) is 15.0. The summed E-state index contributed by atoms with van der Waals surface area (Å²) >= 11 is 2.81. The van der Waals surface area contributed by atoms with Gasteiger partial charge in [0.25, 0.3) is 5.91 Å². The number of hydrogen-bond acceptors (Lipinski definition) is 7. The molecule has 160 valence electrons. The minimum absolute atomic E-state index is 0.0386. The molecule has 0 saturated carbocycles. The van der Waals surface area contributed by atoms with Crippen LogP contribution in [0.25, 0.3) is 0 Å². The lowest BCUT2D eigenvalue weighted by Gasteiger charge is -2.31. The highest BCUT2D eigenvalue weighted by Gasteiger charge is 2.29. The van der Waals surface area contributed by atoms with Crippen LogP contribution in [-0.2, 0) is 4.79 Å². The summed E-state index contributed by atoms with van der Waals surface area (Å²) in [6.45, 7) is 5.21. The predicted octanol–water partition coefficient (Wildman–Crippen LogP) is 4.19. The second-order valence-electron chi connectivity index (χ2n) is 7.53. The highest BCUT2D eigenvalue weighted by atomic mass is 32.2. The smallest absolute Gasteiger partial charge is 0.256 e. The summed E-state index contributed by atoms with van der Waals surface area (Å²) in [5.41, 5.74) is 4.55. The van der Waals surface area contributed by atoms with Crippen LogP contribution in [0.5, 0.6) is 0 Å². The van der Waals surface area contributed by atoms with Gasteiger partial charge in [-0.25, -0.2) is 4.98 Å². The van der Waals surface area contributed by atoms with E-state index in [0.717, 1.165) is 10.5 Å². The molecule has 31 heavy (non-hydrogen) atoms. The van der Waals surface area contributed by atoms with E-state index in [9.17, 15) is 9.59 Å². The van der Waals surface area contributed by atoms with Gasteiger partial charge in [-0.3, -0.25) is 9.59 Å². The Labute approximate surface area is 189 Å². The van der Waals surface area contributed by atoms with Crippen molar-refractivity contribution >= 4 is 40.0 Å². The average Bonchev–Trinajstić information content (AvgIpc) is 3.29. The van der Waals surface area contributed by atoms with E-state index in [1.807, 2.05) is 11.0 Å². The number of anilines is 1. The van der Waals surface area contributed by atoms with Crippen molar-refractivity contribution in [3.8, 4) is 0 Å². The number of carbonyl (C=O) groups is 2. The van der Waals surface area contributed by atoms with Crippen molar-refractivity contribution in [3.63, 3.8) is 0 Å². The zero-order chi connectivity index (χ0) is 21.8. The molecular weight excluding hydrogens is 430 g/mol.